The third-order valence-corrected chi connectivity index (χ3v) is 6.70. The van der Waals surface area contributed by atoms with E-state index in [-0.39, 0.29) is 5.75 Å². The van der Waals surface area contributed by atoms with Crippen LogP contribution < -0.4 is 5.32 Å². The lowest BCUT2D eigenvalue weighted by atomic mass is 9.80. The summed E-state index contributed by atoms with van der Waals surface area (Å²) in [6.45, 7) is 5.14. The Labute approximate surface area is 111 Å². The number of hydrogen-bond donors (Lipinski definition) is 2. The van der Waals surface area contributed by atoms with Gasteiger partial charge in [-0.25, -0.2) is 8.42 Å². The van der Waals surface area contributed by atoms with Gasteiger partial charge in [-0.15, -0.1) is 0 Å². The van der Waals surface area contributed by atoms with E-state index >= 15 is 0 Å². The highest BCUT2D eigenvalue weighted by Gasteiger charge is 2.36. The second-order valence-corrected chi connectivity index (χ2v) is 9.33. The van der Waals surface area contributed by atoms with E-state index in [1.54, 1.807) is 20.8 Å². The highest BCUT2D eigenvalue weighted by atomic mass is 32.2. The molecule has 2 N–H and O–H groups in total. The Kier molecular flexibility index (Phi) is 4.84. The highest BCUT2D eigenvalue weighted by Crippen LogP contribution is 2.32. The topological polar surface area (TPSA) is 66.4 Å². The van der Waals surface area contributed by atoms with Gasteiger partial charge in [-0.3, -0.25) is 0 Å². The van der Waals surface area contributed by atoms with Crippen LogP contribution in [0.4, 0.5) is 0 Å². The third-order valence-electron chi connectivity index (χ3n) is 4.09. The summed E-state index contributed by atoms with van der Waals surface area (Å²) in [4.78, 5) is 0. The van der Waals surface area contributed by atoms with Crippen molar-refractivity contribution in [2.75, 3.05) is 12.8 Å². The van der Waals surface area contributed by atoms with Gasteiger partial charge in [-0.05, 0) is 59.9 Å². The molecule has 1 saturated carbocycles. The van der Waals surface area contributed by atoms with Crippen molar-refractivity contribution in [1.82, 2.24) is 5.32 Å². The second kappa shape index (κ2) is 5.47. The Hall–Kier alpha value is -0.130. The van der Waals surface area contributed by atoms with Gasteiger partial charge in [-0.2, -0.15) is 0 Å². The molecule has 4 nitrogen and oxygen atoms in total. The van der Waals surface area contributed by atoms with Gasteiger partial charge in [0, 0.05) is 6.04 Å². The molecule has 0 aromatic heterocycles. The summed E-state index contributed by atoms with van der Waals surface area (Å²) >= 11 is 0. The first-order valence-electron chi connectivity index (χ1n) is 6.72. The minimum Gasteiger partial charge on any atom is -0.390 e. The summed E-state index contributed by atoms with van der Waals surface area (Å²) in [6.07, 6.45) is 3.59. The summed E-state index contributed by atoms with van der Waals surface area (Å²) < 4.78 is 23.3. The Morgan fingerprint density at radius 2 is 1.78 bits per heavy atom. The zero-order valence-corrected chi connectivity index (χ0v) is 12.8. The molecule has 0 radical (unpaired) electrons. The predicted octanol–water partition coefficient (Wildman–Crippen LogP) is 1.48. The van der Waals surface area contributed by atoms with Crippen molar-refractivity contribution in [3.05, 3.63) is 0 Å². The fourth-order valence-electron chi connectivity index (χ4n) is 2.32. The fourth-order valence-corrected chi connectivity index (χ4v) is 3.59. The van der Waals surface area contributed by atoms with Crippen LogP contribution in [0.5, 0.6) is 0 Å². The molecule has 1 rings (SSSR count). The average molecular weight is 277 g/mol. The molecule has 108 valence electrons. The van der Waals surface area contributed by atoms with Crippen molar-refractivity contribution < 1.29 is 13.5 Å². The standard InChI is InChI=1S/C13H27NO3S/c1-12(2,3)18(16,17)10-9-13(15)7-5-11(14-4)6-8-13/h11,14-15H,5-10H2,1-4H3. The van der Waals surface area contributed by atoms with Crippen molar-refractivity contribution in [3.63, 3.8) is 0 Å². The number of sulfone groups is 1. The lowest BCUT2D eigenvalue weighted by Crippen LogP contribution is -2.42. The Balaban J connectivity index is 2.54. The first-order chi connectivity index (χ1) is 8.10. The van der Waals surface area contributed by atoms with Gasteiger partial charge >= 0.3 is 0 Å². The second-order valence-electron chi connectivity index (χ2n) is 6.47. The largest absolute Gasteiger partial charge is 0.390 e. The molecule has 0 amide bonds. The fraction of sp³-hybridized carbons (Fsp3) is 1.00. The van der Waals surface area contributed by atoms with Gasteiger partial charge in [0.15, 0.2) is 9.84 Å². The maximum Gasteiger partial charge on any atom is 0.155 e. The third kappa shape index (κ3) is 3.93. The van der Waals surface area contributed by atoms with Gasteiger partial charge in [0.25, 0.3) is 0 Å². The van der Waals surface area contributed by atoms with Gasteiger partial charge in [0.05, 0.1) is 16.1 Å². The molecule has 0 aliphatic heterocycles. The maximum absolute atomic E-state index is 12.0. The molecular formula is C13H27NO3S. The van der Waals surface area contributed by atoms with E-state index < -0.39 is 20.2 Å². The first kappa shape index (κ1) is 15.9. The molecule has 0 unspecified atom stereocenters. The molecule has 0 aromatic carbocycles. The number of rotatable bonds is 4. The van der Waals surface area contributed by atoms with E-state index in [4.69, 9.17) is 0 Å². The quantitative estimate of drug-likeness (QED) is 0.817. The Bertz CT molecular complexity index is 362. The molecule has 0 aromatic rings. The molecule has 1 fully saturated rings. The average Bonchev–Trinajstić information content (AvgIpc) is 2.26. The van der Waals surface area contributed by atoms with Crippen LogP contribution in [-0.2, 0) is 9.84 Å². The van der Waals surface area contributed by atoms with Crippen molar-refractivity contribution >= 4 is 9.84 Å². The summed E-state index contributed by atoms with van der Waals surface area (Å²) in [5.41, 5.74) is -0.786. The molecule has 0 saturated heterocycles. The van der Waals surface area contributed by atoms with Crippen LogP contribution in [0.15, 0.2) is 0 Å². The summed E-state index contributed by atoms with van der Waals surface area (Å²) in [5.74, 6) is 0.0806. The van der Waals surface area contributed by atoms with E-state index in [9.17, 15) is 13.5 Å². The minimum absolute atomic E-state index is 0.0806. The van der Waals surface area contributed by atoms with Crippen molar-refractivity contribution in [1.29, 1.82) is 0 Å². The SMILES string of the molecule is CNC1CCC(O)(CCS(=O)(=O)C(C)(C)C)CC1. The summed E-state index contributed by atoms with van der Waals surface area (Å²) in [6, 6.07) is 0.462. The van der Waals surface area contributed by atoms with E-state index in [2.05, 4.69) is 5.32 Å². The highest BCUT2D eigenvalue weighted by molar-refractivity contribution is 7.92. The monoisotopic (exact) mass is 277 g/mol. The van der Waals surface area contributed by atoms with E-state index in [1.165, 1.54) is 0 Å². The number of hydrogen-bond acceptors (Lipinski definition) is 4. The smallest absolute Gasteiger partial charge is 0.155 e. The zero-order valence-electron chi connectivity index (χ0n) is 12.0. The molecule has 0 heterocycles. The molecule has 0 spiro atoms. The van der Waals surface area contributed by atoms with Crippen LogP contribution >= 0.6 is 0 Å². The van der Waals surface area contributed by atoms with Gasteiger partial charge in [0.1, 0.15) is 0 Å². The van der Waals surface area contributed by atoms with Crippen LogP contribution in [0.3, 0.4) is 0 Å². The van der Waals surface area contributed by atoms with Crippen molar-refractivity contribution in [3.8, 4) is 0 Å². The number of nitrogens with one attached hydrogen (secondary N) is 1. The maximum atomic E-state index is 12.0. The van der Waals surface area contributed by atoms with Crippen molar-refractivity contribution in [2.45, 2.75) is 69.3 Å². The lowest BCUT2D eigenvalue weighted by molar-refractivity contribution is -0.00547. The number of aliphatic hydroxyl groups is 1. The van der Waals surface area contributed by atoms with Crippen LogP contribution in [-0.4, -0.2) is 42.7 Å². The predicted molar refractivity (Wildman–Crippen MR) is 74.4 cm³/mol. The van der Waals surface area contributed by atoms with Crippen LogP contribution in [0, 0.1) is 0 Å². The molecule has 0 bridgehead atoms. The Morgan fingerprint density at radius 1 is 1.28 bits per heavy atom. The Morgan fingerprint density at radius 3 is 2.17 bits per heavy atom. The molecule has 5 heteroatoms. The van der Waals surface area contributed by atoms with Crippen LogP contribution in [0.2, 0.25) is 0 Å². The van der Waals surface area contributed by atoms with Gasteiger partial charge < -0.3 is 10.4 Å². The zero-order chi connectivity index (χ0) is 14.0. The summed E-state index contributed by atoms with van der Waals surface area (Å²) in [5, 5.41) is 13.6. The van der Waals surface area contributed by atoms with E-state index in [0.717, 1.165) is 12.8 Å². The molecular weight excluding hydrogens is 250 g/mol. The van der Waals surface area contributed by atoms with E-state index in [1.807, 2.05) is 7.05 Å². The van der Waals surface area contributed by atoms with E-state index in [0.29, 0.717) is 25.3 Å². The minimum atomic E-state index is -3.13. The van der Waals surface area contributed by atoms with Gasteiger partial charge in [0.2, 0.25) is 0 Å². The lowest BCUT2D eigenvalue weighted by Gasteiger charge is -2.36. The van der Waals surface area contributed by atoms with Crippen molar-refractivity contribution in [2.24, 2.45) is 0 Å². The summed E-state index contributed by atoms with van der Waals surface area (Å²) in [7, 11) is -1.20. The first-order valence-corrected chi connectivity index (χ1v) is 8.37. The van der Waals surface area contributed by atoms with Crippen LogP contribution in [0.25, 0.3) is 0 Å². The molecule has 1 aliphatic rings. The normalized spacial score (nSPS) is 30.4. The molecule has 0 atom stereocenters. The van der Waals surface area contributed by atoms with Gasteiger partial charge in [-0.1, -0.05) is 0 Å². The molecule has 18 heavy (non-hydrogen) atoms. The van der Waals surface area contributed by atoms with Crippen LogP contribution in [0.1, 0.15) is 52.9 Å². The molecule has 1 aliphatic carbocycles.